The third-order valence-electron chi connectivity index (χ3n) is 3.27. The van der Waals surface area contributed by atoms with Gasteiger partial charge in [-0.3, -0.25) is 10.1 Å². The van der Waals surface area contributed by atoms with Crippen molar-refractivity contribution < 1.29 is 24.2 Å². The zero-order valence-corrected chi connectivity index (χ0v) is 14.3. The summed E-state index contributed by atoms with van der Waals surface area (Å²) in [7, 11) is 2.91. The Labute approximate surface area is 149 Å². The van der Waals surface area contributed by atoms with Gasteiger partial charge in [0.05, 0.1) is 31.0 Å². The first-order valence-corrected chi connectivity index (χ1v) is 7.53. The number of methoxy groups -OCH3 is 2. The Morgan fingerprint density at radius 2 is 1.72 bits per heavy atom. The van der Waals surface area contributed by atoms with Crippen molar-refractivity contribution in [3.05, 3.63) is 53.6 Å². The molecular weight excluding hydrogens is 344 g/mol. The molecule has 0 spiro atoms. The van der Waals surface area contributed by atoms with Crippen LogP contribution < -0.4 is 20.1 Å². The van der Waals surface area contributed by atoms with Gasteiger partial charge in [-0.05, 0) is 42.5 Å². The highest BCUT2D eigenvalue weighted by molar-refractivity contribution is 7.80. The fraction of sp³-hybridized carbons (Fsp3) is 0.118. The van der Waals surface area contributed by atoms with E-state index >= 15 is 0 Å². The second-order valence-corrected chi connectivity index (χ2v) is 5.24. The lowest BCUT2D eigenvalue weighted by Gasteiger charge is -2.14. The topological polar surface area (TPSA) is 96.9 Å². The van der Waals surface area contributed by atoms with Crippen molar-refractivity contribution >= 4 is 34.9 Å². The lowest BCUT2D eigenvalue weighted by molar-refractivity contribution is 0.0696. The smallest absolute Gasteiger partial charge is 0.335 e. The summed E-state index contributed by atoms with van der Waals surface area (Å²) in [4.78, 5) is 23.4. The first kappa shape index (κ1) is 18.2. The van der Waals surface area contributed by atoms with Crippen LogP contribution in [0.3, 0.4) is 0 Å². The standard InChI is InChI=1S/C17H16N2O5S/c1-23-13-6-4-3-5-11(13)15(20)19-17(25)18-12-9-10(16(21)22)7-8-14(12)24-2/h3-9H,1-2H3,(H,21,22)(H2,18,19,20,25). The number of aromatic carboxylic acids is 1. The highest BCUT2D eigenvalue weighted by atomic mass is 32.1. The summed E-state index contributed by atoms with van der Waals surface area (Å²) in [6, 6.07) is 11.0. The average Bonchev–Trinajstić information content (AvgIpc) is 2.61. The fourth-order valence-electron chi connectivity index (χ4n) is 2.09. The van der Waals surface area contributed by atoms with Crippen LogP contribution >= 0.6 is 12.2 Å². The molecular formula is C17H16N2O5S. The van der Waals surface area contributed by atoms with Crippen molar-refractivity contribution in [2.24, 2.45) is 0 Å². The van der Waals surface area contributed by atoms with Gasteiger partial charge in [-0.25, -0.2) is 4.79 Å². The predicted octanol–water partition coefficient (Wildman–Crippen LogP) is 2.53. The number of carboxylic acid groups (broad SMARTS) is 1. The number of rotatable bonds is 5. The SMILES string of the molecule is COc1ccc(C(=O)O)cc1NC(=S)NC(=O)c1ccccc1OC. The Morgan fingerprint density at radius 1 is 1.04 bits per heavy atom. The summed E-state index contributed by atoms with van der Waals surface area (Å²) in [5, 5.41) is 14.4. The molecule has 0 fully saturated rings. The molecule has 0 atom stereocenters. The number of carbonyl (C=O) groups excluding carboxylic acids is 1. The Morgan fingerprint density at radius 3 is 2.36 bits per heavy atom. The number of hydrogen-bond acceptors (Lipinski definition) is 5. The summed E-state index contributed by atoms with van der Waals surface area (Å²) >= 11 is 5.12. The summed E-state index contributed by atoms with van der Waals surface area (Å²) in [5.74, 6) is -0.745. The van der Waals surface area contributed by atoms with Crippen LogP contribution in [0.2, 0.25) is 0 Å². The van der Waals surface area contributed by atoms with E-state index in [2.05, 4.69) is 10.6 Å². The van der Waals surface area contributed by atoms with E-state index in [0.717, 1.165) is 0 Å². The first-order chi connectivity index (χ1) is 12.0. The van der Waals surface area contributed by atoms with Gasteiger partial charge in [0, 0.05) is 0 Å². The van der Waals surface area contributed by atoms with E-state index in [9.17, 15) is 9.59 Å². The van der Waals surface area contributed by atoms with E-state index in [-0.39, 0.29) is 10.7 Å². The number of nitrogens with one attached hydrogen (secondary N) is 2. The van der Waals surface area contributed by atoms with Crippen LogP contribution in [0.5, 0.6) is 11.5 Å². The molecule has 7 nitrogen and oxygen atoms in total. The highest BCUT2D eigenvalue weighted by Crippen LogP contribution is 2.25. The minimum atomic E-state index is -1.09. The number of para-hydroxylation sites is 1. The second kappa shape index (κ2) is 8.11. The molecule has 1 amide bonds. The van der Waals surface area contributed by atoms with Crippen molar-refractivity contribution in [2.75, 3.05) is 19.5 Å². The number of anilines is 1. The van der Waals surface area contributed by atoms with E-state index in [0.29, 0.717) is 22.7 Å². The van der Waals surface area contributed by atoms with Crippen LogP contribution in [-0.4, -0.2) is 36.3 Å². The van der Waals surface area contributed by atoms with E-state index in [4.69, 9.17) is 26.8 Å². The van der Waals surface area contributed by atoms with Crippen LogP contribution in [-0.2, 0) is 0 Å². The summed E-state index contributed by atoms with van der Waals surface area (Å²) in [5.41, 5.74) is 0.704. The molecule has 0 bridgehead atoms. The van der Waals surface area contributed by atoms with Crippen molar-refractivity contribution in [1.82, 2.24) is 5.32 Å². The molecule has 0 aliphatic rings. The lowest BCUT2D eigenvalue weighted by atomic mass is 10.2. The molecule has 0 saturated carbocycles. The number of carboxylic acids is 1. The van der Waals surface area contributed by atoms with Gasteiger partial charge in [-0.15, -0.1) is 0 Å². The number of ether oxygens (including phenoxy) is 2. The van der Waals surface area contributed by atoms with Gasteiger partial charge in [-0.1, -0.05) is 12.1 Å². The largest absolute Gasteiger partial charge is 0.496 e. The van der Waals surface area contributed by atoms with E-state index in [1.165, 1.54) is 32.4 Å². The Hall–Kier alpha value is -3.13. The van der Waals surface area contributed by atoms with Gasteiger partial charge in [-0.2, -0.15) is 0 Å². The molecule has 2 aromatic rings. The molecule has 0 aliphatic carbocycles. The third-order valence-corrected chi connectivity index (χ3v) is 3.48. The van der Waals surface area contributed by atoms with Crippen LogP contribution in [0.4, 0.5) is 5.69 Å². The molecule has 3 N–H and O–H groups in total. The van der Waals surface area contributed by atoms with Crippen molar-refractivity contribution in [3.8, 4) is 11.5 Å². The quantitative estimate of drug-likeness (QED) is 0.705. The predicted molar refractivity (Wildman–Crippen MR) is 96.6 cm³/mol. The molecule has 0 aromatic heterocycles. The highest BCUT2D eigenvalue weighted by Gasteiger charge is 2.15. The molecule has 0 heterocycles. The van der Waals surface area contributed by atoms with Crippen LogP contribution in [0.25, 0.3) is 0 Å². The van der Waals surface area contributed by atoms with Crippen LogP contribution in [0.15, 0.2) is 42.5 Å². The molecule has 2 aromatic carbocycles. The molecule has 2 rings (SSSR count). The van der Waals surface area contributed by atoms with Gasteiger partial charge >= 0.3 is 5.97 Å². The number of hydrogen-bond donors (Lipinski definition) is 3. The molecule has 0 aliphatic heterocycles. The number of carbonyl (C=O) groups is 2. The number of thiocarbonyl (C=S) groups is 1. The van der Waals surface area contributed by atoms with Crippen molar-refractivity contribution in [1.29, 1.82) is 0 Å². The zero-order chi connectivity index (χ0) is 18.4. The van der Waals surface area contributed by atoms with E-state index in [1.807, 2.05) is 0 Å². The molecule has 0 radical (unpaired) electrons. The van der Waals surface area contributed by atoms with E-state index < -0.39 is 11.9 Å². The third kappa shape index (κ3) is 4.45. The van der Waals surface area contributed by atoms with Gasteiger partial charge in [0.1, 0.15) is 11.5 Å². The fourth-order valence-corrected chi connectivity index (χ4v) is 2.30. The summed E-state index contributed by atoms with van der Waals surface area (Å²) in [6.45, 7) is 0. The van der Waals surface area contributed by atoms with Gasteiger partial charge in [0.25, 0.3) is 5.91 Å². The molecule has 130 valence electrons. The zero-order valence-electron chi connectivity index (χ0n) is 13.5. The van der Waals surface area contributed by atoms with Crippen molar-refractivity contribution in [3.63, 3.8) is 0 Å². The minimum absolute atomic E-state index is 0.00301. The van der Waals surface area contributed by atoms with Crippen molar-refractivity contribution in [2.45, 2.75) is 0 Å². The average molecular weight is 360 g/mol. The number of benzene rings is 2. The van der Waals surface area contributed by atoms with E-state index in [1.54, 1.807) is 24.3 Å². The van der Waals surface area contributed by atoms with Gasteiger partial charge in [0.15, 0.2) is 5.11 Å². The maximum Gasteiger partial charge on any atom is 0.335 e. The summed E-state index contributed by atoms with van der Waals surface area (Å²) < 4.78 is 10.3. The summed E-state index contributed by atoms with van der Waals surface area (Å²) in [6.07, 6.45) is 0. The first-order valence-electron chi connectivity index (χ1n) is 7.13. The maximum absolute atomic E-state index is 12.3. The monoisotopic (exact) mass is 360 g/mol. The van der Waals surface area contributed by atoms with Gasteiger partial charge in [0.2, 0.25) is 0 Å². The van der Waals surface area contributed by atoms with Gasteiger partial charge < -0.3 is 19.9 Å². The Kier molecular flexibility index (Phi) is 5.91. The number of amides is 1. The maximum atomic E-state index is 12.3. The van der Waals surface area contributed by atoms with Crippen LogP contribution in [0.1, 0.15) is 20.7 Å². The van der Waals surface area contributed by atoms with Crippen LogP contribution in [0, 0.1) is 0 Å². The Bertz CT molecular complexity index is 822. The second-order valence-electron chi connectivity index (χ2n) is 4.83. The minimum Gasteiger partial charge on any atom is -0.496 e. The molecule has 0 unspecified atom stereocenters. The molecule has 25 heavy (non-hydrogen) atoms. The molecule has 8 heteroatoms. The normalized spacial score (nSPS) is 9.84. The molecule has 0 saturated heterocycles. The Balaban J connectivity index is 2.16. The lowest BCUT2D eigenvalue weighted by Crippen LogP contribution is -2.34.